The van der Waals surface area contributed by atoms with E-state index in [1.54, 1.807) is 30.7 Å². The maximum Gasteiger partial charge on any atom is 0.261 e. The predicted octanol–water partition coefficient (Wildman–Crippen LogP) is 3.08. The molecule has 5 rings (SSSR count). The number of rotatable bonds is 7. The number of amides is 3. The van der Waals surface area contributed by atoms with Crippen molar-refractivity contribution in [1.82, 2.24) is 14.9 Å². The fraction of sp³-hybridized carbons (Fsp3) is 0.240. The Balaban J connectivity index is 1.30. The molecule has 1 N–H and O–H groups in total. The zero-order chi connectivity index (χ0) is 23.5. The first-order valence-corrected chi connectivity index (χ1v) is 11.0. The molecule has 1 aromatic carbocycles. The van der Waals surface area contributed by atoms with E-state index in [4.69, 9.17) is 9.47 Å². The van der Waals surface area contributed by atoms with Gasteiger partial charge in [-0.2, -0.15) is 0 Å². The van der Waals surface area contributed by atoms with Crippen molar-refractivity contribution in [1.29, 1.82) is 0 Å². The van der Waals surface area contributed by atoms with E-state index >= 15 is 0 Å². The highest BCUT2D eigenvalue weighted by atomic mass is 16.5. The summed E-state index contributed by atoms with van der Waals surface area (Å²) in [5, 5.41) is 2.73. The Hall–Kier alpha value is -4.11. The number of nitrogens with one attached hydrogen (secondary N) is 1. The lowest BCUT2D eigenvalue weighted by Gasteiger charge is -2.17. The number of carbonyl (C=O) groups is 3. The number of hydrogen-bond acceptors (Lipinski definition) is 7. The molecule has 9 heteroatoms. The lowest BCUT2D eigenvalue weighted by atomic mass is 10.1. The van der Waals surface area contributed by atoms with Crippen LogP contribution in [-0.2, 0) is 11.3 Å². The summed E-state index contributed by atoms with van der Waals surface area (Å²) in [5.74, 6) is -0.580. The molecule has 2 aliphatic rings. The zero-order valence-corrected chi connectivity index (χ0v) is 18.3. The molecule has 9 nitrogen and oxygen atoms in total. The molecule has 0 aliphatic carbocycles. The molecular formula is C25H22N4O5. The van der Waals surface area contributed by atoms with Gasteiger partial charge in [0.1, 0.15) is 6.61 Å². The first-order chi connectivity index (χ1) is 16.6. The summed E-state index contributed by atoms with van der Waals surface area (Å²) in [5.41, 5.74) is 1.67. The van der Waals surface area contributed by atoms with Crippen LogP contribution in [0, 0.1) is 0 Å². The van der Waals surface area contributed by atoms with Crippen LogP contribution in [0.1, 0.15) is 49.5 Å². The number of carbonyl (C=O) groups excluding carboxylic acids is 3. The summed E-state index contributed by atoms with van der Waals surface area (Å²) in [6.45, 7) is 1.15. The second-order valence-corrected chi connectivity index (χ2v) is 8.06. The van der Waals surface area contributed by atoms with Gasteiger partial charge in [0.15, 0.2) is 11.6 Å². The number of nitrogens with zero attached hydrogens (tertiary/aromatic N) is 3. The third-order valence-electron chi connectivity index (χ3n) is 5.79. The molecule has 1 atom stereocenters. The van der Waals surface area contributed by atoms with Crippen molar-refractivity contribution in [2.75, 3.05) is 18.5 Å². The minimum Gasteiger partial charge on any atom is -0.485 e. The first kappa shape index (κ1) is 21.7. The van der Waals surface area contributed by atoms with Crippen LogP contribution in [-0.4, -0.2) is 51.8 Å². The monoisotopic (exact) mass is 458 g/mol. The molecule has 1 unspecified atom stereocenters. The highest BCUT2D eigenvalue weighted by Gasteiger charge is 2.38. The molecule has 1 fully saturated rings. The Labute approximate surface area is 195 Å². The van der Waals surface area contributed by atoms with Crippen molar-refractivity contribution in [3.8, 4) is 5.75 Å². The van der Waals surface area contributed by atoms with E-state index in [2.05, 4.69) is 15.3 Å². The van der Waals surface area contributed by atoms with Gasteiger partial charge in [0.05, 0.1) is 23.8 Å². The van der Waals surface area contributed by atoms with Crippen LogP contribution >= 0.6 is 0 Å². The molecule has 0 radical (unpaired) electrons. The Morgan fingerprint density at radius 3 is 2.71 bits per heavy atom. The second kappa shape index (κ2) is 9.40. The quantitative estimate of drug-likeness (QED) is 0.542. The highest BCUT2D eigenvalue weighted by molar-refractivity contribution is 6.22. The topological polar surface area (TPSA) is 111 Å². The van der Waals surface area contributed by atoms with Gasteiger partial charge in [0, 0.05) is 30.8 Å². The first-order valence-electron chi connectivity index (χ1n) is 11.0. The van der Waals surface area contributed by atoms with Gasteiger partial charge in [0.25, 0.3) is 17.7 Å². The molecule has 0 bridgehead atoms. The molecule has 3 aromatic rings. The van der Waals surface area contributed by atoms with Crippen molar-refractivity contribution in [3.05, 3.63) is 83.3 Å². The lowest BCUT2D eigenvalue weighted by Crippen LogP contribution is -2.36. The van der Waals surface area contributed by atoms with Crippen LogP contribution < -0.4 is 10.1 Å². The van der Waals surface area contributed by atoms with E-state index in [0.29, 0.717) is 17.9 Å². The highest BCUT2D eigenvalue weighted by Crippen LogP contribution is 2.27. The maximum absolute atomic E-state index is 12.9. The number of pyridine rings is 2. The Morgan fingerprint density at radius 1 is 1.09 bits per heavy atom. The molecule has 2 aromatic heterocycles. The second-order valence-electron chi connectivity index (χ2n) is 8.06. The van der Waals surface area contributed by atoms with Crippen molar-refractivity contribution in [2.45, 2.75) is 25.6 Å². The molecule has 3 amide bonds. The number of imide groups is 1. The number of benzene rings is 1. The Bertz CT molecular complexity index is 1240. The predicted molar refractivity (Wildman–Crippen MR) is 122 cm³/mol. The van der Waals surface area contributed by atoms with Gasteiger partial charge in [-0.05, 0) is 60.9 Å². The van der Waals surface area contributed by atoms with Gasteiger partial charge in [-0.1, -0.05) is 0 Å². The SMILES string of the molecule is O=C(Nc1ncccc1OCc1ccncc1)c1ccc2c(c1)C(=O)N(CC1CCCO1)C2=O. The van der Waals surface area contributed by atoms with Crippen molar-refractivity contribution in [2.24, 2.45) is 0 Å². The summed E-state index contributed by atoms with van der Waals surface area (Å²) in [6.07, 6.45) is 6.48. The Kier molecular flexibility index (Phi) is 6.01. The van der Waals surface area contributed by atoms with Crippen LogP contribution in [0.4, 0.5) is 5.82 Å². The van der Waals surface area contributed by atoms with E-state index in [9.17, 15) is 14.4 Å². The molecule has 1 saturated heterocycles. The minimum absolute atomic E-state index is 0.139. The van der Waals surface area contributed by atoms with Gasteiger partial charge in [-0.25, -0.2) is 4.98 Å². The third-order valence-corrected chi connectivity index (χ3v) is 5.79. The smallest absolute Gasteiger partial charge is 0.261 e. The fourth-order valence-corrected chi connectivity index (χ4v) is 4.01. The van der Waals surface area contributed by atoms with Gasteiger partial charge >= 0.3 is 0 Å². The largest absolute Gasteiger partial charge is 0.485 e. The van der Waals surface area contributed by atoms with Crippen LogP contribution in [0.3, 0.4) is 0 Å². The molecule has 34 heavy (non-hydrogen) atoms. The molecule has 0 saturated carbocycles. The number of anilines is 1. The third kappa shape index (κ3) is 4.38. The van der Waals surface area contributed by atoms with E-state index in [1.807, 2.05) is 12.1 Å². The van der Waals surface area contributed by atoms with Crippen molar-refractivity contribution >= 4 is 23.5 Å². The van der Waals surface area contributed by atoms with Crippen molar-refractivity contribution in [3.63, 3.8) is 0 Å². The van der Waals surface area contributed by atoms with Crippen LogP contribution in [0.2, 0.25) is 0 Å². The average Bonchev–Trinajstić information content (AvgIpc) is 3.47. The fourth-order valence-electron chi connectivity index (χ4n) is 4.01. The summed E-state index contributed by atoms with van der Waals surface area (Å²) >= 11 is 0. The summed E-state index contributed by atoms with van der Waals surface area (Å²) < 4.78 is 11.4. The zero-order valence-electron chi connectivity index (χ0n) is 18.3. The van der Waals surface area contributed by atoms with Crippen LogP contribution in [0.25, 0.3) is 0 Å². The number of fused-ring (bicyclic) bond motifs is 1. The average molecular weight is 458 g/mol. The van der Waals surface area contributed by atoms with Crippen LogP contribution in [0.5, 0.6) is 5.75 Å². The Morgan fingerprint density at radius 2 is 1.91 bits per heavy atom. The summed E-state index contributed by atoms with van der Waals surface area (Å²) in [4.78, 5) is 47.9. The number of ether oxygens (including phenoxy) is 2. The molecule has 172 valence electrons. The standard InChI is InChI=1S/C25H22N4O5/c30-23(28-22-21(4-1-9-27-22)34-15-16-7-10-26-11-8-16)17-5-6-19-20(13-17)25(32)29(24(19)31)14-18-3-2-12-33-18/h1,4-11,13,18H,2-3,12,14-15H2,(H,27,28,30). The van der Waals surface area contributed by atoms with Crippen LogP contribution in [0.15, 0.2) is 61.1 Å². The van der Waals surface area contributed by atoms with E-state index in [1.165, 1.54) is 23.1 Å². The summed E-state index contributed by atoms with van der Waals surface area (Å²) in [7, 11) is 0. The van der Waals surface area contributed by atoms with Crippen molar-refractivity contribution < 1.29 is 23.9 Å². The molecule has 4 heterocycles. The van der Waals surface area contributed by atoms with Gasteiger partial charge < -0.3 is 14.8 Å². The summed E-state index contributed by atoms with van der Waals surface area (Å²) in [6, 6.07) is 11.6. The number of hydrogen-bond donors (Lipinski definition) is 1. The minimum atomic E-state index is -0.465. The van der Waals surface area contributed by atoms with E-state index in [-0.39, 0.29) is 42.1 Å². The van der Waals surface area contributed by atoms with Gasteiger partial charge in [-0.15, -0.1) is 0 Å². The van der Waals surface area contributed by atoms with Gasteiger partial charge in [-0.3, -0.25) is 24.3 Å². The van der Waals surface area contributed by atoms with Gasteiger partial charge in [0.2, 0.25) is 0 Å². The molecule has 0 spiro atoms. The van der Waals surface area contributed by atoms with E-state index in [0.717, 1.165) is 18.4 Å². The maximum atomic E-state index is 12.9. The number of aromatic nitrogens is 2. The molecule has 2 aliphatic heterocycles. The normalized spacial score (nSPS) is 17.1. The lowest BCUT2D eigenvalue weighted by molar-refractivity contribution is 0.0475. The molecular weight excluding hydrogens is 436 g/mol. The van der Waals surface area contributed by atoms with E-state index < -0.39 is 11.8 Å².